The van der Waals surface area contributed by atoms with Crippen molar-refractivity contribution in [2.45, 2.75) is 63.7 Å². The Kier molecular flexibility index (Phi) is 5.79. The topological polar surface area (TPSA) is 114 Å². The molecule has 0 radical (unpaired) electrons. The SMILES string of the molecule is Cn1c(=O)n(C2CCC(=O)NC2=O)c2ccc(C[C@H]3CC[C@@H](CC(O)O)CC3)cc21. The van der Waals surface area contributed by atoms with Gasteiger partial charge in [0, 0.05) is 19.9 Å². The van der Waals surface area contributed by atoms with Crippen LogP contribution in [-0.2, 0) is 23.1 Å². The zero-order chi connectivity index (χ0) is 21.4. The number of carbonyl (C=O) groups is 2. The van der Waals surface area contributed by atoms with E-state index in [4.69, 9.17) is 10.2 Å². The van der Waals surface area contributed by atoms with Crippen LogP contribution in [-0.4, -0.2) is 37.5 Å². The standard InChI is InChI=1S/C22H29N3O5/c1-24-18-11-15(10-13-2-4-14(5-3-13)12-20(27)28)6-7-16(18)25(22(24)30)17-8-9-19(26)23-21(17)29/h6-7,11,13-14,17,20,27-28H,2-5,8-10,12H2,1H3,(H,23,26,29)/t13-,14+,17?. The Morgan fingerprint density at radius 2 is 1.73 bits per heavy atom. The van der Waals surface area contributed by atoms with Crippen LogP contribution in [0.3, 0.4) is 0 Å². The molecule has 2 amide bonds. The summed E-state index contributed by atoms with van der Waals surface area (Å²) in [5, 5.41) is 20.7. The molecule has 3 N–H and O–H groups in total. The zero-order valence-electron chi connectivity index (χ0n) is 17.2. The summed E-state index contributed by atoms with van der Waals surface area (Å²) in [6, 6.07) is 5.29. The van der Waals surface area contributed by atoms with Gasteiger partial charge in [-0.25, -0.2) is 4.79 Å². The van der Waals surface area contributed by atoms with Gasteiger partial charge in [-0.1, -0.05) is 6.07 Å². The predicted octanol–water partition coefficient (Wildman–Crippen LogP) is 1.37. The van der Waals surface area contributed by atoms with E-state index in [0.717, 1.165) is 43.2 Å². The number of imidazole rings is 1. The highest BCUT2D eigenvalue weighted by atomic mass is 16.5. The van der Waals surface area contributed by atoms with Crippen LogP contribution in [0, 0.1) is 11.8 Å². The summed E-state index contributed by atoms with van der Waals surface area (Å²) in [5.41, 5.74) is 2.41. The van der Waals surface area contributed by atoms with Gasteiger partial charge in [0.1, 0.15) is 6.04 Å². The number of piperidine rings is 1. The molecule has 1 saturated heterocycles. The summed E-state index contributed by atoms with van der Waals surface area (Å²) in [4.78, 5) is 36.6. The molecule has 4 rings (SSSR count). The molecule has 2 heterocycles. The van der Waals surface area contributed by atoms with Crippen molar-refractivity contribution >= 4 is 22.8 Å². The largest absolute Gasteiger partial charge is 0.368 e. The minimum atomic E-state index is -1.22. The lowest BCUT2D eigenvalue weighted by Crippen LogP contribution is -2.44. The Morgan fingerprint density at radius 3 is 2.40 bits per heavy atom. The molecule has 2 fully saturated rings. The summed E-state index contributed by atoms with van der Waals surface area (Å²) in [6.07, 6.45) is 4.85. The lowest BCUT2D eigenvalue weighted by molar-refractivity contribution is -0.135. The molecule has 0 spiro atoms. The first-order valence-corrected chi connectivity index (χ1v) is 10.7. The fourth-order valence-corrected chi connectivity index (χ4v) is 5.07. The van der Waals surface area contributed by atoms with Crippen LogP contribution < -0.4 is 11.0 Å². The maximum Gasteiger partial charge on any atom is 0.329 e. The van der Waals surface area contributed by atoms with Gasteiger partial charge >= 0.3 is 5.69 Å². The predicted molar refractivity (Wildman–Crippen MR) is 111 cm³/mol. The number of benzene rings is 1. The van der Waals surface area contributed by atoms with Gasteiger partial charge in [-0.3, -0.25) is 24.0 Å². The van der Waals surface area contributed by atoms with Crippen molar-refractivity contribution in [3.63, 3.8) is 0 Å². The molecule has 1 aliphatic carbocycles. The zero-order valence-corrected chi connectivity index (χ0v) is 17.2. The molecule has 1 aliphatic heterocycles. The highest BCUT2D eigenvalue weighted by Crippen LogP contribution is 2.34. The van der Waals surface area contributed by atoms with Crippen molar-refractivity contribution in [1.82, 2.24) is 14.5 Å². The molecule has 1 atom stereocenters. The van der Waals surface area contributed by atoms with Crippen molar-refractivity contribution in [3.8, 4) is 0 Å². The fourth-order valence-electron chi connectivity index (χ4n) is 5.07. The van der Waals surface area contributed by atoms with Crippen LogP contribution in [0.15, 0.2) is 23.0 Å². The molecule has 162 valence electrons. The number of amides is 2. The first-order valence-electron chi connectivity index (χ1n) is 10.7. The van der Waals surface area contributed by atoms with E-state index >= 15 is 0 Å². The van der Waals surface area contributed by atoms with Crippen molar-refractivity contribution in [2.75, 3.05) is 0 Å². The number of hydrogen-bond donors (Lipinski definition) is 3. The van der Waals surface area contributed by atoms with E-state index in [9.17, 15) is 14.4 Å². The molecule has 8 nitrogen and oxygen atoms in total. The van der Waals surface area contributed by atoms with E-state index in [1.807, 2.05) is 18.2 Å². The van der Waals surface area contributed by atoms with Crippen LogP contribution in [0.2, 0.25) is 0 Å². The Hall–Kier alpha value is -2.45. The maximum atomic E-state index is 12.9. The number of hydrogen-bond acceptors (Lipinski definition) is 5. The number of aliphatic hydroxyl groups excluding tert-OH is 1. The maximum absolute atomic E-state index is 12.9. The quantitative estimate of drug-likeness (QED) is 0.504. The van der Waals surface area contributed by atoms with Gasteiger partial charge in [-0.15, -0.1) is 0 Å². The Balaban J connectivity index is 1.53. The first kappa shape index (κ1) is 20.8. The van der Waals surface area contributed by atoms with Crippen LogP contribution in [0.25, 0.3) is 11.0 Å². The van der Waals surface area contributed by atoms with Crippen molar-refractivity contribution < 1.29 is 19.8 Å². The molecule has 1 unspecified atom stereocenters. The fraction of sp³-hybridized carbons (Fsp3) is 0.591. The molecule has 1 saturated carbocycles. The van der Waals surface area contributed by atoms with Gasteiger partial charge in [0.2, 0.25) is 11.8 Å². The minimum absolute atomic E-state index is 0.229. The Morgan fingerprint density at radius 1 is 1.03 bits per heavy atom. The highest BCUT2D eigenvalue weighted by molar-refractivity contribution is 6.00. The number of carbonyl (C=O) groups excluding carboxylic acids is 2. The van der Waals surface area contributed by atoms with Crippen LogP contribution in [0.4, 0.5) is 0 Å². The van der Waals surface area contributed by atoms with Crippen LogP contribution in [0.5, 0.6) is 0 Å². The summed E-state index contributed by atoms with van der Waals surface area (Å²) in [5.74, 6) is 0.209. The Labute approximate surface area is 174 Å². The lowest BCUT2D eigenvalue weighted by Gasteiger charge is -2.29. The lowest BCUT2D eigenvalue weighted by atomic mass is 9.78. The number of aryl methyl sites for hydroxylation is 1. The minimum Gasteiger partial charge on any atom is -0.368 e. The summed E-state index contributed by atoms with van der Waals surface area (Å²) < 4.78 is 3.08. The number of nitrogens with one attached hydrogen (secondary N) is 1. The summed E-state index contributed by atoms with van der Waals surface area (Å²) >= 11 is 0. The van der Waals surface area contributed by atoms with Crippen molar-refractivity contribution in [2.24, 2.45) is 18.9 Å². The summed E-state index contributed by atoms with van der Waals surface area (Å²) in [6.45, 7) is 0. The molecule has 1 aromatic carbocycles. The molecule has 2 aromatic rings. The molecular weight excluding hydrogens is 386 g/mol. The first-order chi connectivity index (χ1) is 14.3. The second-order valence-electron chi connectivity index (χ2n) is 8.81. The van der Waals surface area contributed by atoms with Gasteiger partial charge in [0.05, 0.1) is 11.0 Å². The normalized spacial score (nSPS) is 25.1. The number of fused-ring (bicyclic) bond motifs is 1. The van der Waals surface area contributed by atoms with Crippen molar-refractivity contribution in [1.29, 1.82) is 0 Å². The number of imide groups is 1. The number of rotatable bonds is 5. The molecule has 2 aliphatic rings. The smallest absolute Gasteiger partial charge is 0.329 e. The van der Waals surface area contributed by atoms with E-state index in [-0.39, 0.29) is 18.0 Å². The Bertz CT molecular complexity index is 1010. The molecule has 30 heavy (non-hydrogen) atoms. The third kappa shape index (κ3) is 4.06. The van der Waals surface area contributed by atoms with E-state index < -0.39 is 18.2 Å². The number of nitrogens with zero attached hydrogens (tertiary/aromatic N) is 2. The highest BCUT2D eigenvalue weighted by Gasteiger charge is 2.31. The number of aliphatic hydroxyl groups is 2. The van der Waals surface area contributed by atoms with E-state index in [0.29, 0.717) is 30.2 Å². The molecular formula is C22H29N3O5. The monoisotopic (exact) mass is 415 g/mol. The molecule has 0 bridgehead atoms. The van der Waals surface area contributed by atoms with Gasteiger partial charge in [-0.2, -0.15) is 0 Å². The van der Waals surface area contributed by atoms with Gasteiger partial charge in [0.25, 0.3) is 0 Å². The van der Waals surface area contributed by atoms with Gasteiger partial charge in [0.15, 0.2) is 6.29 Å². The van der Waals surface area contributed by atoms with Gasteiger partial charge < -0.3 is 10.2 Å². The van der Waals surface area contributed by atoms with E-state index in [1.54, 1.807) is 11.6 Å². The van der Waals surface area contributed by atoms with Crippen LogP contribution >= 0.6 is 0 Å². The van der Waals surface area contributed by atoms with Crippen molar-refractivity contribution in [3.05, 3.63) is 34.2 Å². The second kappa shape index (κ2) is 8.35. The number of aromatic nitrogens is 2. The molecule has 8 heteroatoms. The third-order valence-electron chi connectivity index (χ3n) is 6.71. The van der Waals surface area contributed by atoms with Crippen LogP contribution in [0.1, 0.15) is 56.6 Å². The van der Waals surface area contributed by atoms with Gasteiger partial charge in [-0.05, 0) is 68.1 Å². The molecule has 1 aromatic heterocycles. The third-order valence-corrected chi connectivity index (χ3v) is 6.71. The average Bonchev–Trinajstić information content (AvgIpc) is 2.94. The van der Waals surface area contributed by atoms with E-state index in [1.165, 1.54) is 4.57 Å². The summed E-state index contributed by atoms with van der Waals surface area (Å²) in [7, 11) is 1.71. The average molecular weight is 415 g/mol. The second-order valence-corrected chi connectivity index (χ2v) is 8.81. The van der Waals surface area contributed by atoms with E-state index in [2.05, 4.69) is 5.32 Å².